The molecule has 0 aliphatic rings. The van der Waals surface area contributed by atoms with Crippen molar-refractivity contribution in [2.24, 2.45) is 0 Å². The van der Waals surface area contributed by atoms with Crippen molar-refractivity contribution in [2.75, 3.05) is 7.11 Å². The Labute approximate surface area is 71.5 Å². The van der Waals surface area contributed by atoms with Crippen molar-refractivity contribution in [1.29, 1.82) is 0 Å². The second-order valence-electron chi connectivity index (χ2n) is 2.38. The van der Waals surface area contributed by atoms with Crippen molar-refractivity contribution in [2.45, 2.75) is 0 Å². The van der Waals surface area contributed by atoms with Gasteiger partial charge in [-0.25, -0.2) is 0 Å². The number of allylic oxidation sites excluding steroid dienone is 1. The number of methoxy groups -OCH3 is 1. The molecular weight excluding hydrogens is 152 g/mol. The normalized spacial score (nSPS) is 9.08. The highest BCUT2D eigenvalue weighted by Crippen LogP contribution is 2.16. The predicted molar refractivity (Wildman–Crippen MR) is 48.1 cm³/mol. The van der Waals surface area contributed by atoms with Crippen molar-refractivity contribution in [3.63, 3.8) is 0 Å². The molecule has 0 fully saturated rings. The second kappa shape index (κ2) is 3.72. The van der Waals surface area contributed by atoms with E-state index >= 15 is 0 Å². The van der Waals surface area contributed by atoms with Gasteiger partial charge in [-0.1, -0.05) is 18.7 Å². The number of carbonyl (C=O) groups is 1. The van der Waals surface area contributed by atoms with Gasteiger partial charge in [0.05, 0.1) is 7.11 Å². The molecule has 0 saturated heterocycles. The van der Waals surface area contributed by atoms with E-state index in [4.69, 9.17) is 4.74 Å². The van der Waals surface area contributed by atoms with Crippen molar-refractivity contribution in [3.8, 4) is 5.75 Å². The van der Waals surface area contributed by atoms with Gasteiger partial charge in [0.2, 0.25) is 0 Å². The van der Waals surface area contributed by atoms with Gasteiger partial charge in [0.15, 0.2) is 0 Å². The molecule has 1 aromatic rings. The highest BCUT2D eigenvalue weighted by Gasteiger charge is 1.97. The standard InChI is InChI=1S/C10H10O2/c1-8(7-11)9-4-3-5-10(6-9)12-2/h3-7H,1H2,2H3. The minimum absolute atomic E-state index is 0.467. The monoisotopic (exact) mass is 162 g/mol. The van der Waals surface area contributed by atoms with Crippen LogP contribution in [-0.2, 0) is 4.79 Å². The molecule has 0 aromatic heterocycles. The van der Waals surface area contributed by atoms with Crippen LogP contribution >= 0.6 is 0 Å². The van der Waals surface area contributed by atoms with Crippen LogP contribution in [0.15, 0.2) is 30.8 Å². The van der Waals surface area contributed by atoms with E-state index in [0.29, 0.717) is 5.57 Å². The molecule has 0 aliphatic carbocycles. The van der Waals surface area contributed by atoms with E-state index in [-0.39, 0.29) is 0 Å². The van der Waals surface area contributed by atoms with Gasteiger partial charge in [-0.3, -0.25) is 4.79 Å². The molecule has 0 spiro atoms. The minimum atomic E-state index is 0.467. The topological polar surface area (TPSA) is 26.3 Å². The van der Waals surface area contributed by atoms with E-state index in [9.17, 15) is 4.79 Å². The number of carbonyl (C=O) groups excluding carboxylic acids is 1. The molecule has 0 aliphatic heterocycles. The third-order valence-electron chi connectivity index (χ3n) is 1.58. The maximum absolute atomic E-state index is 10.4. The Morgan fingerprint density at radius 3 is 2.92 bits per heavy atom. The van der Waals surface area contributed by atoms with Crippen LogP contribution in [0.25, 0.3) is 5.57 Å². The largest absolute Gasteiger partial charge is 0.497 e. The summed E-state index contributed by atoms with van der Waals surface area (Å²) in [4.78, 5) is 10.4. The molecule has 12 heavy (non-hydrogen) atoms. The molecule has 0 bridgehead atoms. The van der Waals surface area contributed by atoms with Gasteiger partial charge in [0.1, 0.15) is 12.0 Å². The molecule has 62 valence electrons. The predicted octanol–water partition coefficient (Wildman–Crippen LogP) is 1.91. The van der Waals surface area contributed by atoms with Crippen molar-refractivity contribution >= 4 is 11.9 Å². The first-order chi connectivity index (χ1) is 5.77. The summed E-state index contributed by atoms with van der Waals surface area (Å²) in [5.74, 6) is 0.732. The lowest BCUT2D eigenvalue weighted by Gasteiger charge is -2.01. The number of hydrogen-bond donors (Lipinski definition) is 0. The Morgan fingerprint density at radius 2 is 2.33 bits per heavy atom. The van der Waals surface area contributed by atoms with E-state index in [1.165, 1.54) is 0 Å². The Kier molecular flexibility index (Phi) is 2.64. The lowest BCUT2D eigenvalue weighted by atomic mass is 10.1. The minimum Gasteiger partial charge on any atom is -0.497 e. The molecule has 0 atom stereocenters. The number of rotatable bonds is 3. The summed E-state index contributed by atoms with van der Waals surface area (Å²) in [7, 11) is 1.59. The Hall–Kier alpha value is -1.57. The number of aldehydes is 1. The average Bonchev–Trinajstić information content (AvgIpc) is 2.17. The highest BCUT2D eigenvalue weighted by molar-refractivity contribution is 6.05. The Morgan fingerprint density at radius 1 is 1.58 bits per heavy atom. The zero-order valence-corrected chi connectivity index (χ0v) is 6.91. The third kappa shape index (κ3) is 1.72. The first-order valence-electron chi connectivity index (χ1n) is 3.56. The van der Waals surface area contributed by atoms with Crippen LogP contribution in [0.3, 0.4) is 0 Å². The summed E-state index contributed by atoms with van der Waals surface area (Å²) < 4.78 is 4.99. The number of ether oxygens (including phenoxy) is 1. The van der Waals surface area contributed by atoms with Gasteiger partial charge in [0.25, 0.3) is 0 Å². The van der Waals surface area contributed by atoms with Crippen LogP contribution in [0, 0.1) is 0 Å². The lowest BCUT2D eigenvalue weighted by molar-refractivity contribution is -0.103. The van der Waals surface area contributed by atoms with Crippen LogP contribution < -0.4 is 4.74 Å². The van der Waals surface area contributed by atoms with Crippen molar-refractivity contribution in [3.05, 3.63) is 36.4 Å². The molecule has 2 nitrogen and oxygen atoms in total. The van der Waals surface area contributed by atoms with Crippen LogP contribution in [0.2, 0.25) is 0 Å². The fourth-order valence-electron chi connectivity index (χ4n) is 0.891. The summed E-state index contributed by atoms with van der Waals surface area (Å²) in [6, 6.07) is 7.24. The fraction of sp³-hybridized carbons (Fsp3) is 0.100. The zero-order valence-electron chi connectivity index (χ0n) is 6.91. The molecule has 1 rings (SSSR count). The summed E-state index contributed by atoms with van der Waals surface area (Å²) in [6.45, 7) is 3.60. The molecule has 0 amide bonds. The molecule has 1 aromatic carbocycles. The molecular formula is C10H10O2. The number of hydrogen-bond acceptors (Lipinski definition) is 2. The average molecular weight is 162 g/mol. The van der Waals surface area contributed by atoms with Crippen LogP contribution in [0.4, 0.5) is 0 Å². The summed E-state index contributed by atoms with van der Waals surface area (Å²) in [5, 5.41) is 0. The van der Waals surface area contributed by atoms with Crippen LogP contribution in [0.1, 0.15) is 5.56 Å². The summed E-state index contributed by atoms with van der Waals surface area (Å²) in [6.07, 6.45) is 0.731. The highest BCUT2D eigenvalue weighted by atomic mass is 16.5. The van der Waals surface area contributed by atoms with Gasteiger partial charge >= 0.3 is 0 Å². The van der Waals surface area contributed by atoms with Gasteiger partial charge < -0.3 is 4.74 Å². The van der Waals surface area contributed by atoms with E-state index < -0.39 is 0 Å². The molecule has 0 radical (unpaired) electrons. The first-order valence-corrected chi connectivity index (χ1v) is 3.56. The Bertz CT molecular complexity index is 302. The zero-order chi connectivity index (χ0) is 8.97. The quantitative estimate of drug-likeness (QED) is 0.501. The fourth-order valence-corrected chi connectivity index (χ4v) is 0.891. The third-order valence-corrected chi connectivity index (χ3v) is 1.58. The van der Waals surface area contributed by atoms with E-state index in [0.717, 1.165) is 17.6 Å². The Balaban J connectivity index is 3.01. The van der Waals surface area contributed by atoms with Crippen LogP contribution in [0.5, 0.6) is 5.75 Å². The first kappa shape index (κ1) is 8.53. The molecule has 0 N–H and O–H groups in total. The van der Waals surface area contributed by atoms with Gasteiger partial charge in [-0.05, 0) is 17.7 Å². The van der Waals surface area contributed by atoms with Crippen molar-refractivity contribution < 1.29 is 9.53 Å². The lowest BCUT2D eigenvalue weighted by Crippen LogP contribution is -1.86. The van der Waals surface area contributed by atoms with E-state index in [1.54, 1.807) is 13.2 Å². The SMILES string of the molecule is C=C(C=O)c1cccc(OC)c1. The van der Waals surface area contributed by atoms with Gasteiger partial charge in [-0.2, -0.15) is 0 Å². The maximum Gasteiger partial charge on any atom is 0.150 e. The van der Waals surface area contributed by atoms with Gasteiger partial charge in [0, 0.05) is 5.57 Å². The second-order valence-corrected chi connectivity index (χ2v) is 2.38. The number of benzene rings is 1. The van der Waals surface area contributed by atoms with Gasteiger partial charge in [-0.15, -0.1) is 0 Å². The molecule has 0 saturated carbocycles. The van der Waals surface area contributed by atoms with E-state index in [1.807, 2.05) is 18.2 Å². The summed E-state index contributed by atoms with van der Waals surface area (Å²) in [5.41, 5.74) is 1.26. The molecule has 0 heterocycles. The van der Waals surface area contributed by atoms with Crippen LogP contribution in [-0.4, -0.2) is 13.4 Å². The molecule has 0 unspecified atom stereocenters. The summed E-state index contributed by atoms with van der Waals surface area (Å²) >= 11 is 0. The van der Waals surface area contributed by atoms with E-state index in [2.05, 4.69) is 6.58 Å². The molecule has 2 heteroatoms. The maximum atomic E-state index is 10.4. The smallest absolute Gasteiger partial charge is 0.150 e. The van der Waals surface area contributed by atoms with Crippen molar-refractivity contribution in [1.82, 2.24) is 0 Å².